The monoisotopic (exact) mass is 1130 g/mol. The van der Waals surface area contributed by atoms with Gasteiger partial charge in [-0.1, -0.05) is 40.8 Å². The van der Waals surface area contributed by atoms with E-state index >= 15 is 35.1 Å². The van der Waals surface area contributed by atoms with Crippen LogP contribution in [-0.2, 0) is 10.9 Å². The standard InChI is InChI=1S/C25H23O2S3.C24BF20/c1-18-4-10-21(11-5-18)28-24-16-17-25(29-24)30(22-12-6-19(26-2)7-13-22)23-14-8-20(27-3)9-15-23;26-5-1(6(27)14(35)21(42)13(5)34)25(2-7(28)15(36)22(43)16(37)8(2)29,3-9(30)17(38)23(44)18(39)10(3)31)4-11(32)19(40)24(45)20(41)12(4)33/h4-17H,1-3H3;/q+1;-1. The fraction of sp³-hybridized carbons (Fsp3) is 0.0612. The number of aryl methyl sites for hydroxylation is 1. The lowest BCUT2D eigenvalue weighted by Gasteiger charge is -2.44. The Balaban J connectivity index is 0.000000236. The van der Waals surface area contributed by atoms with E-state index in [1.54, 1.807) is 14.2 Å². The Hall–Kier alpha value is -6.80. The molecular weight excluding hydrogens is 1110 g/mol. The van der Waals surface area contributed by atoms with Crippen LogP contribution in [0, 0.1) is 123 Å². The van der Waals surface area contributed by atoms with Crippen LogP contribution in [0.2, 0.25) is 0 Å². The summed E-state index contributed by atoms with van der Waals surface area (Å²) in [7, 11) is 3.22. The third kappa shape index (κ3) is 9.64. The smallest absolute Gasteiger partial charge is 0.221 e. The Labute approximate surface area is 420 Å². The minimum Gasteiger partial charge on any atom is -0.497 e. The van der Waals surface area contributed by atoms with Crippen LogP contribution >= 0.6 is 23.1 Å². The second kappa shape index (κ2) is 21.8. The molecule has 1 heterocycles. The van der Waals surface area contributed by atoms with Crippen LogP contribution < -0.4 is 31.3 Å². The van der Waals surface area contributed by atoms with Gasteiger partial charge >= 0.3 is 0 Å². The van der Waals surface area contributed by atoms with Crippen molar-refractivity contribution in [2.45, 2.75) is 30.0 Å². The minimum absolute atomic E-state index is 0.182. The normalized spacial score (nSPS) is 11.6. The Bertz CT molecular complexity index is 3080. The number of ether oxygens (including phenoxy) is 2. The molecule has 8 rings (SSSR count). The molecule has 0 unspecified atom stereocenters. The Morgan fingerprint density at radius 1 is 0.347 bits per heavy atom. The van der Waals surface area contributed by atoms with Crippen LogP contribution in [0.4, 0.5) is 87.8 Å². The lowest BCUT2D eigenvalue weighted by atomic mass is 9.12. The van der Waals surface area contributed by atoms with Crippen LogP contribution in [0.25, 0.3) is 0 Å². The molecule has 0 spiro atoms. The Morgan fingerprint density at radius 2 is 0.613 bits per heavy atom. The van der Waals surface area contributed by atoms with Gasteiger partial charge in [-0.15, -0.1) is 21.9 Å². The average molecular weight is 1130 g/mol. The summed E-state index contributed by atoms with van der Waals surface area (Å²) in [5.41, 5.74) is -13.0. The van der Waals surface area contributed by atoms with E-state index < -0.39 is 144 Å². The van der Waals surface area contributed by atoms with Crippen molar-refractivity contribution in [3.05, 3.63) is 207 Å². The van der Waals surface area contributed by atoms with E-state index in [9.17, 15) is 52.7 Å². The van der Waals surface area contributed by atoms with Crippen molar-refractivity contribution in [1.29, 1.82) is 0 Å². The zero-order valence-corrected chi connectivity index (χ0v) is 39.7. The Kier molecular flexibility index (Phi) is 16.3. The van der Waals surface area contributed by atoms with E-state index in [-0.39, 0.29) is 10.9 Å². The zero-order valence-electron chi connectivity index (χ0n) is 37.3. The summed E-state index contributed by atoms with van der Waals surface area (Å²) in [6.07, 6.45) is -7.22. The zero-order chi connectivity index (χ0) is 55.3. The summed E-state index contributed by atoms with van der Waals surface area (Å²) in [4.78, 5) is 3.81. The predicted octanol–water partition coefficient (Wildman–Crippen LogP) is 13.2. The van der Waals surface area contributed by atoms with E-state index in [2.05, 4.69) is 67.6 Å². The molecule has 0 aliphatic carbocycles. The second-order valence-electron chi connectivity index (χ2n) is 15.4. The first-order valence-corrected chi connectivity index (χ1v) is 23.3. The number of benzene rings is 7. The fourth-order valence-electron chi connectivity index (χ4n) is 7.86. The maximum absolute atomic E-state index is 15.4. The largest absolute Gasteiger partial charge is 0.497 e. The summed E-state index contributed by atoms with van der Waals surface area (Å²) in [6.45, 7) is 2.12. The molecule has 1 aromatic heterocycles. The molecule has 0 saturated heterocycles. The summed E-state index contributed by atoms with van der Waals surface area (Å²) in [6, 6.07) is 30.0. The van der Waals surface area contributed by atoms with Gasteiger partial charge in [0, 0.05) is 11.0 Å². The van der Waals surface area contributed by atoms with Crippen LogP contribution in [0.15, 0.2) is 108 Å². The van der Waals surface area contributed by atoms with Crippen LogP contribution in [0.3, 0.4) is 0 Å². The highest BCUT2D eigenvalue weighted by atomic mass is 32.2. The molecule has 0 atom stereocenters. The van der Waals surface area contributed by atoms with Crippen LogP contribution in [-0.4, -0.2) is 20.4 Å². The van der Waals surface area contributed by atoms with Gasteiger partial charge in [-0.3, -0.25) is 0 Å². The summed E-state index contributed by atoms with van der Waals surface area (Å²) >= 11 is 3.68. The van der Waals surface area contributed by atoms with Crippen molar-refractivity contribution in [2.24, 2.45) is 0 Å². The molecule has 392 valence electrons. The lowest BCUT2D eigenvalue weighted by Crippen LogP contribution is -2.81. The second-order valence-corrected chi connectivity index (χ2v) is 20.2. The van der Waals surface area contributed by atoms with Gasteiger partial charge in [0.2, 0.25) is 4.21 Å². The number of thiophene rings is 1. The average Bonchev–Trinajstić information content (AvgIpc) is 3.87. The third-order valence-corrected chi connectivity index (χ3v) is 16.1. The highest BCUT2D eigenvalue weighted by molar-refractivity contribution is 8.02. The van der Waals surface area contributed by atoms with Crippen molar-refractivity contribution < 1.29 is 97.3 Å². The molecule has 75 heavy (non-hydrogen) atoms. The van der Waals surface area contributed by atoms with E-state index in [1.165, 1.54) is 28.7 Å². The molecule has 0 radical (unpaired) electrons. The predicted molar refractivity (Wildman–Crippen MR) is 237 cm³/mol. The number of hydrogen-bond acceptors (Lipinski definition) is 4. The van der Waals surface area contributed by atoms with Crippen LogP contribution in [0.5, 0.6) is 11.5 Å². The SMILES string of the molecule is COc1ccc([S+](c2ccc(OC)cc2)c2ccc(Sc3ccc(C)cc3)s2)cc1.Fc1c(F)c(F)c([B-](c2c(F)c(F)c(F)c(F)c2F)(c2c(F)c(F)c(F)c(F)c2F)c2c(F)c(F)c(F)c(F)c2F)c(F)c1F. The van der Waals surface area contributed by atoms with E-state index in [4.69, 9.17) is 9.47 Å². The highest BCUT2D eigenvalue weighted by Crippen LogP contribution is 2.41. The molecule has 0 bridgehead atoms. The van der Waals surface area contributed by atoms with Gasteiger partial charge in [0.1, 0.15) is 75.1 Å². The quantitative estimate of drug-likeness (QED) is 0.0423. The van der Waals surface area contributed by atoms with Crippen LogP contribution in [0.1, 0.15) is 5.56 Å². The summed E-state index contributed by atoms with van der Waals surface area (Å²) in [5, 5.41) is 0. The first-order valence-electron chi connectivity index (χ1n) is 20.5. The van der Waals surface area contributed by atoms with Crippen molar-refractivity contribution in [3.63, 3.8) is 0 Å². The lowest BCUT2D eigenvalue weighted by molar-refractivity contribution is 0.378. The minimum atomic E-state index is -7.22. The van der Waals surface area contributed by atoms with E-state index in [0.29, 0.717) is 0 Å². The summed E-state index contributed by atoms with van der Waals surface area (Å²) < 4.78 is 307. The molecular formula is C49H23BF20O2S3. The Morgan fingerprint density at radius 3 is 0.880 bits per heavy atom. The van der Waals surface area contributed by atoms with Gasteiger partial charge in [0.05, 0.1) is 18.4 Å². The first kappa shape index (κ1) is 55.9. The molecule has 0 fully saturated rings. The molecule has 7 aromatic carbocycles. The maximum Gasteiger partial charge on any atom is 0.221 e. The van der Waals surface area contributed by atoms with Crippen molar-refractivity contribution in [2.75, 3.05) is 14.2 Å². The third-order valence-electron chi connectivity index (χ3n) is 11.3. The van der Waals surface area contributed by atoms with Gasteiger partial charge in [0.25, 0.3) is 0 Å². The van der Waals surface area contributed by atoms with Gasteiger partial charge in [-0.2, -0.15) is 0 Å². The number of rotatable bonds is 11. The molecule has 2 nitrogen and oxygen atoms in total. The van der Waals surface area contributed by atoms with Crippen molar-refractivity contribution >= 4 is 62.0 Å². The molecule has 0 saturated carbocycles. The van der Waals surface area contributed by atoms with E-state index in [1.807, 2.05) is 47.4 Å². The molecule has 0 aliphatic rings. The molecule has 0 N–H and O–H groups in total. The highest BCUT2D eigenvalue weighted by Gasteiger charge is 2.52. The molecule has 0 amide bonds. The fourth-order valence-corrected chi connectivity index (χ4v) is 12.8. The number of methoxy groups -OCH3 is 2. The van der Waals surface area contributed by atoms with Gasteiger partial charge in [-0.25, -0.2) is 87.8 Å². The summed E-state index contributed by atoms with van der Waals surface area (Å²) in [5.74, 6) is -69.7. The van der Waals surface area contributed by atoms with Gasteiger partial charge in [0.15, 0.2) is 79.6 Å². The number of hydrogen-bond donors (Lipinski definition) is 0. The molecule has 8 aromatic rings. The number of halogens is 20. The molecule has 26 heteroatoms. The van der Waals surface area contributed by atoms with E-state index in [0.717, 1.165) is 11.5 Å². The molecule has 0 aliphatic heterocycles. The maximum atomic E-state index is 15.4. The van der Waals surface area contributed by atoms with Crippen molar-refractivity contribution in [1.82, 2.24) is 0 Å². The topological polar surface area (TPSA) is 18.5 Å². The van der Waals surface area contributed by atoms with Gasteiger partial charge in [-0.05, 0) is 73.7 Å². The van der Waals surface area contributed by atoms with Gasteiger partial charge < -0.3 is 9.47 Å². The first-order chi connectivity index (χ1) is 35.4. The van der Waals surface area contributed by atoms with Crippen molar-refractivity contribution in [3.8, 4) is 11.5 Å².